The Morgan fingerprint density at radius 2 is 2.11 bits per heavy atom. The minimum Gasteiger partial charge on any atom is -0.332 e. The van der Waals surface area contributed by atoms with E-state index in [9.17, 15) is 9.59 Å². The van der Waals surface area contributed by atoms with E-state index in [0.717, 1.165) is 10.0 Å². The number of hydrogen-bond donors (Lipinski definition) is 4. The van der Waals surface area contributed by atoms with Gasteiger partial charge in [-0.1, -0.05) is 47.1 Å². The summed E-state index contributed by atoms with van der Waals surface area (Å²) in [6.07, 6.45) is 2.15. The van der Waals surface area contributed by atoms with Gasteiger partial charge in [-0.3, -0.25) is 10.0 Å². The lowest BCUT2D eigenvalue weighted by molar-refractivity contribution is -0.131. The molecule has 0 unspecified atom stereocenters. The van der Waals surface area contributed by atoms with E-state index in [4.69, 9.17) is 5.21 Å². The van der Waals surface area contributed by atoms with Gasteiger partial charge in [0.05, 0.1) is 19.3 Å². The van der Waals surface area contributed by atoms with Crippen LogP contribution in [0.1, 0.15) is 31.5 Å². The molecule has 3 amide bonds. The predicted molar refractivity (Wildman–Crippen MR) is 102 cm³/mol. The SMILES string of the molecule is CC(C)C[C@H](NC(=O)NCc1cn(Cc2cccc(Br)c2)nn1)C(=O)NO. The minimum absolute atomic E-state index is 0.166. The molecule has 4 N–H and O–H groups in total. The molecule has 0 aliphatic carbocycles. The average molecular weight is 439 g/mol. The van der Waals surface area contributed by atoms with Gasteiger partial charge >= 0.3 is 6.03 Å². The van der Waals surface area contributed by atoms with Crippen LogP contribution < -0.4 is 16.1 Å². The summed E-state index contributed by atoms with van der Waals surface area (Å²) in [5.41, 5.74) is 3.23. The summed E-state index contributed by atoms with van der Waals surface area (Å²) < 4.78 is 2.67. The number of halogens is 1. The molecule has 27 heavy (non-hydrogen) atoms. The van der Waals surface area contributed by atoms with Crippen LogP contribution in [0.5, 0.6) is 0 Å². The fourth-order valence-electron chi connectivity index (χ4n) is 2.48. The average Bonchev–Trinajstić information content (AvgIpc) is 3.05. The van der Waals surface area contributed by atoms with Crippen molar-refractivity contribution in [1.29, 1.82) is 0 Å². The number of hydroxylamine groups is 1. The first-order valence-corrected chi connectivity index (χ1v) is 9.28. The van der Waals surface area contributed by atoms with Crippen LogP contribution in [-0.4, -0.2) is 38.2 Å². The zero-order chi connectivity index (χ0) is 19.8. The summed E-state index contributed by atoms with van der Waals surface area (Å²) in [6.45, 7) is 4.56. The molecule has 2 aromatic rings. The highest BCUT2D eigenvalue weighted by atomic mass is 79.9. The first-order chi connectivity index (χ1) is 12.9. The summed E-state index contributed by atoms with van der Waals surface area (Å²) in [7, 11) is 0. The molecular weight excluding hydrogens is 416 g/mol. The maximum Gasteiger partial charge on any atom is 0.315 e. The van der Waals surface area contributed by atoms with E-state index in [0.29, 0.717) is 18.7 Å². The molecule has 0 fully saturated rings. The Bertz CT molecular complexity index is 780. The van der Waals surface area contributed by atoms with Gasteiger partial charge in [-0.2, -0.15) is 0 Å². The molecule has 1 atom stereocenters. The monoisotopic (exact) mass is 438 g/mol. The molecule has 2 rings (SSSR count). The fraction of sp³-hybridized carbons (Fsp3) is 0.412. The normalized spacial score (nSPS) is 11.9. The number of hydrogen-bond acceptors (Lipinski definition) is 5. The van der Waals surface area contributed by atoms with Gasteiger partial charge in [0.2, 0.25) is 0 Å². The standard InChI is InChI=1S/C17H23BrN6O3/c1-11(2)6-15(16(25)22-27)20-17(26)19-8-14-10-24(23-21-14)9-12-4-3-5-13(18)7-12/h3-5,7,10-11,15,27H,6,8-9H2,1-2H3,(H,22,25)(H2,19,20,26)/t15-/m0/s1. The molecular formula is C17H23BrN6O3. The highest BCUT2D eigenvalue weighted by molar-refractivity contribution is 9.10. The molecule has 0 radical (unpaired) electrons. The second-order valence-corrected chi connectivity index (χ2v) is 7.44. The third-order valence-electron chi connectivity index (χ3n) is 3.69. The molecule has 0 aliphatic rings. The van der Waals surface area contributed by atoms with E-state index in [2.05, 4.69) is 36.9 Å². The summed E-state index contributed by atoms with van der Waals surface area (Å²) >= 11 is 3.43. The Morgan fingerprint density at radius 1 is 1.33 bits per heavy atom. The third-order valence-corrected chi connectivity index (χ3v) is 4.18. The number of urea groups is 1. The number of benzene rings is 1. The molecule has 1 heterocycles. The number of amides is 3. The molecule has 0 saturated heterocycles. The molecule has 0 saturated carbocycles. The summed E-state index contributed by atoms with van der Waals surface area (Å²) in [4.78, 5) is 23.6. The zero-order valence-electron chi connectivity index (χ0n) is 15.1. The van der Waals surface area contributed by atoms with E-state index < -0.39 is 18.0 Å². The van der Waals surface area contributed by atoms with Crippen molar-refractivity contribution in [2.75, 3.05) is 0 Å². The van der Waals surface area contributed by atoms with Crippen molar-refractivity contribution in [1.82, 2.24) is 31.1 Å². The largest absolute Gasteiger partial charge is 0.332 e. The Hall–Kier alpha value is -2.46. The van der Waals surface area contributed by atoms with Crippen molar-refractivity contribution in [3.63, 3.8) is 0 Å². The number of nitrogens with one attached hydrogen (secondary N) is 3. The van der Waals surface area contributed by atoms with Gasteiger partial charge in [0.1, 0.15) is 11.7 Å². The van der Waals surface area contributed by atoms with E-state index in [1.807, 2.05) is 38.1 Å². The van der Waals surface area contributed by atoms with Crippen molar-refractivity contribution < 1.29 is 14.8 Å². The molecule has 146 valence electrons. The summed E-state index contributed by atoms with van der Waals surface area (Å²) in [5, 5.41) is 22.0. The predicted octanol–water partition coefficient (Wildman–Crippen LogP) is 1.81. The summed E-state index contributed by atoms with van der Waals surface area (Å²) in [6, 6.07) is 6.53. The Labute approximate surface area is 165 Å². The van der Waals surface area contributed by atoms with Gasteiger partial charge in [-0.05, 0) is 30.0 Å². The van der Waals surface area contributed by atoms with Crippen LogP contribution in [0.2, 0.25) is 0 Å². The maximum absolute atomic E-state index is 12.0. The second kappa shape index (κ2) is 10.0. The van der Waals surface area contributed by atoms with Gasteiger partial charge in [0.25, 0.3) is 5.91 Å². The van der Waals surface area contributed by atoms with Crippen molar-refractivity contribution in [3.8, 4) is 0 Å². The lowest BCUT2D eigenvalue weighted by Gasteiger charge is -2.18. The molecule has 0 spiro atoms. The first kappa shape index (κ1) is 20.8. The van der Waals surface area contributed by atoms with Gasteiger partial charge in [-0.15, -0.1) is 5.10 Å². The van der Waals surface area contributed by atoms with E-state index >= 15 is 0 Å². The van der Waals surface area contributed by atoms with Crippen LogP contribution in [0, 0.1) is 5.92 Å². The molecule has 10 heteroatoms. The van der Waals surface area contributed by atoms with E-state index in [1.54, 1.807) is 16.4 Å². The number of carbonyl (C=O) groups is 2. The smallest absolute Gasteiger partial charge is 0.315 e. The Morgan fingerprint density at radius 3 is 2.78 bits per heavy atom. The molecule has 0 aliphatic heterocycles. The zero-order valence-corrected chi connectivity index (χ0v) is 16.7. The molecule has 1 aromatic heterocycles. The van der Waals surface area contributed by atoms with Crippen molar-refractivity contribution >= 4 is 27.9 Å². The fourth-order valence-corrected chi connectivity index (χ4v) is 2.93. The van der Waals surface area contributed by atoms with Gasteiger partial charge in [0.15, 0.2) is 0 Å². The number of aromatic nitrogens is 3. The van der Waals surface area contributed by atoms with Crippen LogP contribution in [0.15, 0.2) is 34.9 Å². The lowest BCUT2D eigenvalue weighted by atomic mass is 10.0. The van der Waals surface area contributed by atoms with E-state index in [-0.39, 0.29) is 12.5 Å². The second-order valence-electron chi connectivity index (χ2n) is 6.52. The van der Waals surface area contributed by atoms with Crippen LogP contribution in [-0.2, 0) is 17.9 Å². The highest BCUT2D eigenvalue weighted by Crippen LogP contribution is 2.12. The topological polar surface area (TPSA) is 121 Å². The molecule has 1 aromatic carbocycles. The first-order valence-electron chi connectivity index (χ1n) is 8.49. The molecule has 9 nitrogen and oxygen atoms in total. The number of nitrogens with zero attached hydrogens (tertiary/aromatic N) is 3. The lowest BCUT2D eigenvalue weighted by Crippen LogP contribution is -2.49. The van der Waals surface area contributed by atoms with Crippen molar-refractivity contribution in [3.05, 3.63) is 46.2 Å². The van der Waals surface area contributed by atoms with Gasteiger partial charge < -0.3 is 10.6 Å². The van der Waals surface area contributed by atoms with E-state index in [1.165, 1.54) is 0 Å². The van der Waals surface area contributed by atoms with Crippen LogP contribution in [0.3, 0.4) is 0 Å². The number of carbonyl (C=O) groups excluding carboxylic acids is 2. The van der Waals surface area contributed by atoms with Gasteiger partial charge in [0, 0.05) is 4.47 Å². The number of rotatable bonds is 8. The third kappa shape index (κ3) is 6.99. The highest BCUT2D eigenvalue weighted by Gasteiger charge is 2.21. The van der Waals surface area contributed by atoms with Crippen LogP contribution in [0.25, 0.3) is 0 Å². The maximum atomic E-state index is 12.0. The van der Waals surface area contributed by atoms with Crippen LogP contribution >= 0.6 is 15.9 Å². The molecule has 0 bridgehead atoms. The van der Waals surface area contributed by atoms with Crippen molar-refractivity contribution in [2.24, 2.45) is 5.92 Å². The summed E-state index contributed by atoms with van der Waals surface area (Å²) in [5.74, 6) is -0.482. The Balaban J connectivity index is 1.86. The quantitative estimate of drug-likeness (QED) is 0.369. The van der Waals surface area contributed by atoms with Crippen LogP contribution in [0.4, 0.5) is 4.79 Å². The van der Waals surface area contributed by atoms with Crippen molar-refractivity contribution in [2.45, 2.75) is 39.4 Å². The Kier molecular flexibility index (Phi) is 7.74. The van der Waals surface area contributed by atoms with Gasteiger partial charge in [-0.25, -0.2) is 15.0 Å². The minimum atomic E-state index is -0.817.